The molecule has 1 atom stereocenters. The van der Waals surface area contributed by atoms with E-state index >= 15 is 0 Å². The molecule has 0 bridgehead atoms. The number of para-hydroxylation sites is 1. The first-order chi connectivity index (χ1) is 12.2. The smallest absolute Gasteiger partial charge is 0.258 e. The summed E-state index contributed by atoms with van der Waals surface area (Å²) >= 11 is 1.67. The lowest BCUT2D eigenvalue weighted by Gasteiger charge is -2.34. The van der Waals surface area contributed by atoms with Gasteiger partial charge in [-0.1, -0.05) is 18.2 Å². The van der Waals surface area contributed by atoms with Gasteiger partial charge >= 0.3 is 0 Å². The Labute approximate surface area is 150 Å². The first-order valence-electron chi connectivity index (χ1n) is 8.23. The summed E-state index contributed by atoms with van der Waals surface area (Å²) in [7, 11) is 0. The van der Waals surface area contributed by atoms with E-state index in [9.17, 15) is 9.18 Å². The van der Waals surface area contributed by atoms with Crippen LogP contribution in [0.3, 0.4) is 0 Å². The molecule has 2 heterocycles. The third kappa shape index (κ3) is 5.01. The standard InChI is InChI=1S/C18H21FN2O3S/c19-14-4-1-2-5-16(14)24-13-18(22)20-12-15(17-6-3-11-25-17)21-7-9-23-10-8-21/h1-6,11,15H,7-10,12-13H2,(H,20,22)/t15-/m1/s1. The summed E-state index contributed by atoms with van der Waals surface area (Å²) in [6.45, 7) is 3.36. The fraction of sp³-hybridized carbons (Fsp3) is 0.389. The Hall–Kier alpha value is -1.96. The van der Waals surface area contributed by atoms with Gasteiger partial charge in [-0.3, -0.25) is 9.69 Å². The largest absolute Gasteiger partial charge is 0.481 e. The van der Waals surface area contributed by atoms with Crippen LogP contribution in [0.25, 0.3) is 0 Å². The first-order valence-corrected chi connectivity index (χ1v) is 9.11. The minimum atomic E-state index is -0.472. The van der Waals surface area contributed by atoms with Crippen LogP contribution in [0.4, 0.5) is 4.39 Å². The lowest BCUT2D eigenvalue weighted by atomic mass is 10.2. The maximum absolute atomic E-state index is 13.5. The first kappa shape index (κ1) is 17.8. The van der Waals surface area contributed by atoms with Gasteiger partial charge in [0.2, 0.25) is 0 Å². The van der Waals surface area contributed by atoms with Gasteiger partial charge < -0.3 is 14.8 Å². The van der Waals surface area contributed by atoms with E-state index in [4.69, 9.17) is 9.47 Å². The number of carbonyl (C=O) groups excluding carboxylic acids is 1. The van der Waals surface area contributed by atoms with Gasteiger partial charge in [-0.2, -0.15) is 0 Å². The molecule has 0 unspecified atom stereocenters. The minimum Gasteiger partial charge on any atom is -0.481 e. The molecule has 1 saturated heterocycles. The minimum absolute atomic E-state index is 0.0839. The highest BCUT2D eigenvalue weighted by Gasteiger charge is 2.24. The molecule has 5 nitrogen and oxygen atoms in total. The summed E-state index contributed by atoms with van der Waals surface area (Å²) in [5.41, 5.74) is 0. The number of rotatable bonds is 7. The summed E-state index contributed by atoms with van der Waals surface area (Å²) in [4.78, 5) is 15.6. The van der Waals surface area contributed by atoms with Crippen molar-refractivity contribution in [2.24, 2.45) is 0 Å². The van der Waals surface area contributed by atoms with E-state index in [1.807, 2.05) is 11.4 Å². The number of carbonyl (C=O) groups is 1. The highest BCUT2D eigenvalue weighted by molar-refractivity contribution is 7.10. The monoisotopic (exact) mass is 364 g/mol. The number of nitrogens with zero attached hydrogens (tertiary/aromatic N) is 1. The lowest BCUT2D eigenvalue weighted by Crippen LogP contribution is -2.44. The molecule has 2 aromatic rings. The fourth-order valence-electron chi connectivity index (χ4n) is 2.75. The maximum atomic E-state index is 13.5. The van der Waals surface area contributed by atoms with E-state index in [0.29, 0.717) is 19.8 Å². The van der Waals surface area contributed by atoms with E-state index in [2.05, 4.69) is 16.3 Å². The molecule has 0 saturated carbocycles. The second kappa shape index (κ2) is 8.94. The van der Waals surface area contributed by atoms with Crippen LogP contribution in [0.1, 0.15) is 10.9 Å². The van der Waals surface area contributed by atoms with Crippen LogP contribution in [0.15, 0.2) is 41.8 Å². The fourth-order valence-corrected chi connectivity index (χ4v) is 3.61. The summed E-state index contributed by atoms with van der Waals surface area (Å²) in [5, 5.41) is 4.93. The molecule has 0 spiro atoms. The van der Waals surface area contributed by atoms with Crippen molar-refractivity contribution in [1.29, 1.82) is 0 Å². The predicted molar refractivity (Wildman–Crippen MR) is 94.4 cm³/mol. The number of ether oxygens (including phenoxy) is 2. The zero-order valence-corrected chi connectivity index (χ0v) is 14.6. The summed E-state index contributed by atoms with van der Waals surface area (Å²) in [6, 6.07) is 10.3. The Bertz CT molecular complexity index is 675. The second-order valence-electron chi connectivity index (χ2n) is 5.70. The molecule has 3 rings (SSSR count). The van der Waals surface area contributed by atoms with Crippen molar-refractivity contribution in [3.05, 3.63) is 52.5 Å². The molecule has 0 aliphatic carbocycles. The van der Waals surface area contributed by atoms with Gasteiger partial charge in [-0.25, -0.2) is 4.39 Å². The average Bonchev–Trinajstić information content (AvgIpc) is 3.16. The van der Waals surface area contributed by atoms with Crippen molar-refractivity contribution < 1.29 is 18.7 Å². The van der Waals surface area contributed by atoms with Crippen molar-refractivity contribution >= 4 is 17.2 Å². The van der Waals surface area contributed by atoms with E-state index < -0.39 is 5.82 Å². The summed E-state index contributed by atoms with van der Waals surface area (Å²) in [6.07, 6.45) is 0. The number of benzene rings is 1. The Morgan fingerprint density at radius 3 is 2.80 bits per heavy atom. The van der Waals surface area contributed by atoms with E-state index in [1.165, 1.54) is 17.0 Å². The van der Waals surface area contributed by atoms with Crippen LogP contribution in [0.5, 0.6) is 5.75 Å². The third-order valence-electron chi connectivity index (χ3n) is 4.05. The Balaban J connectivity index is 1.53. The van der Waals surface area contributed by atoms with Crippen LogP contribution in [0, 0.1) is 5.82 Å². The molecule has 134 valence electrons. The molecule has 25 heavy (non-hydrogen) atoms. The lowest BCUT2D eigenvalue weighted by molar-refractivity contribution is -0.123. The second-order valence-corrected chi connectivity index (χ2v) is 6.68. The van der Waals surface area contributed by atoms with E-state index in [0.717, 1.165) is 13.1 Å². The van der Waals surface area contributed by atoms with Crippen LogP contribution in [-0.4, -0.2) is 50.3 Å². The van der Waals surface area contributed by atoms with Crippen LogP contribution >= 0.6 is 11.3 Å². The van der Waals surface area contributed by atoms with Crippen molar-refractivity contribution in [3.8, 4) is 5.75 Å². The molecule has 0 radical (unpaired) electrons. The molecule has 1 fully saturated rings. The van der Waals surface area contributed by atoms with Crippen molar-refractivity contribution in [2.75, 3.05) is 39.5 Å². The summed E-state index contributed by atoms with van der Waals surface area (Å²) < 4.78 is 24.2. The maximum Gasteiger partial charge on any atom is 0.258 e. The van der Waals surface area contributed by atoms with Crippen molar-refractivity contribution in [2.45, 2.75) is 6.04 Å². The normalized spacial score (nSPS) is 16.4. The van der Waals surface area contributed by atoms with Crippen molar-refractivity contribution in [3.63, 3.8) is 0 Å². The molecule has 1 amide bonds. The number of hydrogen-bond acceptors (Lipinski definition) is 5. The van der Waals surface area contributed by atoms with Crippen molar-refractivity contribution in [1.82, 2.24) is 10.2 Å². The molecule has 1 aliphatic heterocycles. The van der Waals surface area contributed by atoms with Crippen LogP contribution in [0.2, 0.25) is 0 Å². The number of hydrogen-bond donors (Lipinski definition) is 1. The zero-order valence-electron chi connectivity index (χ0n) is 13.8. The number of thiophene rings is 1. The van der Waals surface area contributed by atoms with Crippen LogP contribution < -0.4 is 10.1 Å². The number of morpholine rings is 1. The quantitative estimate of drug-likeness (QED) is 0.820. The number of amides is 1. The Kier molecular flexibility index (Phi) is 6.38. The molecule has 1 aromatic heterocycles. The van der Waals surface area contributed by atoms with Gasteiger partial charge in [-0.15, -0.1) is 11.3 Å². The van der Waals surface area contributed by atoms with E-state index in [1.54, 1.807) is 23.5 Å². The van der Waals surface area contributed by atoms with Gasteiger partial charge in [0.25, 0.3) is 5.91 Å². The molecule has 7 heteroatoms. The predicted octanol–water partition coefficient (Wildman–Crippen LogP) is 2.46. The van der Waals surface area contributed by atoms with Gasteiger partial charge in [0, 0.05) is 24.5 Å². The molecular weight excluding hydrogens is 343 g/mol. The SMILES string of the molecule is O=C(COc1ccccc1F)NC[C@H](c1cccs1)N1CCOCC1. The number of nitrogens with one attached hydrogen (secondary N) is 1. The Morgan fingerprint density at radius 1 is 1.28 bits per heavy atom. The van der Waals surface area contributed by atoms with E-state index in [-0.39, 0.29) is 24.3 Å². The third-order valence-corrected chi connectivity index (χ3v) is 5.02. The van der Waals surface area contributed by atoms with Crippen LogP contribution in [-0.2, 0) is 9.53 Å². The van der Waals surface area contributed by atoms with Gasteiger partial charge in [0.15, 0.2) is 18.2 Å². The van der Waals surface area contributed by atoms with Gasteiger partial charge in [0.05, 0.1) is 19.3 Å². The van der Waals surface area contributed by atoms with Gasteiger partial charge in [0.1, 0.15) is 0 Å². The molecule has 1 aliphatic rings. The highest BCUT2D eigenvalue weighted by atomic mass is 32.1. The highest BCUT2D eigenvalue weighted by Crippen LogP contribution is 2.25. The summed E-state index contributed by atoms with van der Waals surface area (Å²) in [5.74, 6) is -0.654. The number of halogens is 1. The topological polar surface area (TPSA) is 50.8 Å². The Morgan fingerprint density at radius 2 is 2.08 bits per heavy atom. The van der Waals surface area contributed by atoms with Gasteiger partial charge in [-0.05, 0) is 23.6 Å². The molecular formula is C18H21FN2O3S. The average molecular weight is 364 g/mol. The molecule has 1 aromatic carbocycles. The molecule has 1 N–H and O–H groups in total. The zero-order chi connectivity index (χ0) is 17.5.